The van der Waals surface area contributed by atoms with Gasteiger partial charge in [0.2, 0.25) is 0 Å². The molecule has 158 valence electrons. The van der Waals surface area contributed by atoms with Crippen molar-refractivity contribution in [3.05, 3.63) is 88.0 Å². The molecule has 0 amide bonds. The summed E-state index contributed by atoms with van der Waals surface area (Å²) in [5, 5.41) is 3.44. The van der Waals surface area contributed by atoms with E-state index >= 15 is 0 Å². The number of hydrogen-bond acceptors (Lipinski definition) is 4. The van der Waals surface area contributed by atoms with E-state index in [0.29, 0.717) is 25.2 Å². The Bertz CT molecular complexity index is 1070. The highest BCUT2D eigenvalue weighted by Gasteiger charge is 2.40. The van der Waals surface area contributed by atoms with Gasteiger partial charge in [0.15, 0.2) is 11.6 Å². The summed E-state index contributed by atoms with van der Waals surface area (Å²) in [6.07, 6.45) is 4.40. The summed E-state index contributed by atoms with van der Waals surface area (Å²) in [7, 11) is 0. The zero-order valence-corrected chi connectivity index (χ0v) is 17.2. The number of rotatable bonds is 4. The van der Waals surface area contributed by atoms with E-state index in [1.54, 1.807) is 12.1 Å². The molecule has 5 rings (SSSR count). The first-order valence-corrected chi connectivity index (χ1v) is 10.9. The van der Waals surface area contributed by atoms with Gasteiger partial charge in [0.25, 0.3) is 0 Å². The van der Waals surface area contributed by atoms with Crippen LogP contribution in [0.25, 0.3) is 0 Å². The van der Waals surface area contributed by atoms with Crippen molar-refractivity contribution in [2.45, 2.75) is 51.0 Å². The topological polar surface area (TPSA) is 55.4 Å². The molecule has 0 unspecified atom stereocenters. The van der Waals surface area contributed by atoms with E-state index in [9.17, 15) is 14.0 Å². The van der Waals surface area contributed by atoms with Crippen LogP contribution in [0.4, 0.5) is 4.39 Å². The normalized spacial score (nSPS) is 19.1. The van der Waals surface area contributed by atoms with E-state index < -0.39 is 0 Å². The fourth-order valence-electron chi connectivity index (χ4n) is 4.85. The molecule has 0 aromatic heterocycles. The van der Waals surface area contributed by atoms with Crippen molar-refractivity contribution in [2.24, 2.45) is 0 Å². The van der Waals surface area contributed by atoms with E-state index in [0.717, 1.165) is 59.4 Å². The zero-order chi connectivity index (χ0) is 21.4. The number of carbonyl (C=O) groups is 2. The minimum atomic E-state index is -0.332. The lowest BCUT2D eigenvalue weighted by Gasteiger charge is -2.37. The van der Waals surface area contributed by atoms with Gasteiger partial charge in [-0.25, -0.2) is 4.39 Å². The van der Waals surface area contributed by atoms with E-state index in [1.165, 1.54) is 12.1 Å². The molecule has 2 aliphatic carbocycles. The lowest BCUT2D eigenvalue weighted by molar-refractivity contribution is -0.116. The van der Waals surface area contributed by atoms with Crippen molar-refractivity contribution >= 4 is 11.6 Å². The Hall–Kier alpha value is -3.21. The quantitative estimate of drug-likeness (QED) is 0.752. The second kappa shape index (κ2) is 8.14. The molecule has 0 spiro atoms. The fraction of sp³-hybridized carbons (Fsp3) is 0.308. The molecule has 0 saturated heterocycles. The van der Waals surface area contributed by atoms with Gasteiger partial charge in [0, 0.05) is 41.3 Å². The molecule has 5 heteroatoms. The zero-order valence-electron chi connectivity index (χ0n) is 17.2. The maximum Gasteiger partial charge on any atom is 0.161 e. The van der Waals surface area contributed by atoms with Crippen LogP contribution in [0.5, 0.6) is 5.75 Å². The Balaban J connectivity index is 1.49. The van der Waals surface area contributed by atoms with Crippen LogP contribution >= 0.6 is 0 Å². The monoisotopic (exact) mass is 417 g/mol. The molecule has 0 fully saturated rings. The van der Waals surface area contributed by atoms with E-state index in [4.69, 9.17) is 4.74 Å². The van der Waals surface area contributed by atoms with Crippen LogP contribution in [-0.4, -0.2) is 11.6 Å². The maximum atomic E-state index is 13.1. The summed E-state index contributed by atoms with van der Waals surface area (Å²) < 4.78 is 19.1. The van der Waals surface area contributed by atoms with Gasteiger partial charge in [-0.3, -0.25) is 9.59 Å². The van der Waals surface area contributed by atoms with E-state index in [-0.39, 0.29) is 23.3 Å². The predicted octanol–water partition coefficient (Wildman–Crippen LogP) is 5.11. The van der Waals surface area contributed by atoms with Gasteiger partial charge >= 0.3 is 0 Å². The maximum absolute atomic E-state index is 13.1. The van der Waals surface area contributed by atoms with Crippen molar-refractivity contribution in [2.75, 3.05) is 0 Å². The first kappa shape index (κ1) is 19.7. The highest BCUT2D eigenvalue weighted by Crippen LogP contribution is 2.45. The molecule has 1 aliphatic heterocycles. The largest absolute Gasteiger partial charge is 0.489 e. The summed E-state index contributed by atoms with van der Waals surface area (Å²) in [6.45, 7) is 0.315. The van der Waals surface area contributed by atoms with Crippen molar-refractivity contribution in [3.8, 4) is 5.75 Å². The SMILES string of the molecule is O=C1CCCC2=C1C(c1cccc(OCc3ccc(F)cc3)c1)C1=C(CCCC1=O)N2. The lowest BCUT2D eigenvalue weighted by atomic mass is 9.71. The molecule has 31 heavy (non-hydrogen) atoms. The Kier molecular flexibility index (Phi) is 5.18. The number of Topliss-reactive ketones (excluding diaryl/α,β-unsaturated/α-hetero) is 2. The summed E-state index contributed by atoms with van der Waals surface area (Å²) in [5.74, 6) is 0.305. The second-order valence-electron chi connectivity index (χ2n) is 8.38. The first-order chi connectivity index (χ1) is 15.1. The van der Waals surface area contributed by atoms with Crippen molar-refractivity contribution in [1.29, 1.82) is 0 Å². The molecule has 1 heterocycles. The first-order valence-electron chi connectivity index (χ1n) is 10.9. The number of dihydropyridines is 1. The third kappa shape index (κ3) is 3.80. The van der Waals surface area contributed by atoms with Crippen LogP contribution in [0.3, 0.4) is 0 Å². The van der Waals surface area contributed by atoms with E-state index in [2.05, 4.69) is 5.32 Å². The van der Waals surface area contributed by atoms with Gasteiger partial charge in [-0.2, -0.15) is 0 Å². The molecule has 0 atom stereocenters. The summed E-state index contributed by atoms with van der Waals surface area (Å²) in [6, 6.07) is 13.9. The van der Waals surface area contributed by atoms with Gasteiger partial charge in [0.1, 0.15) is 18.2 Å². The van der Waals surface area contributed by atoms with Crippen LogP contribution < -0.4 is 10.1 Å². The van der Waals surface area contributed by atoms with Crippen LogP contribution in [0, 0.1) is 5.82 Å². The Morgan fingerprint density at radius 2 is 1.52 bits per heavy atom. The minimum absolute atomic E-state index is 0.126. The standard InChI is InChI=1S/C26H24FNO3/c27-18-12-10-16(11-13-18)15-31-19-5-1-4-17(14-19)24-25-20(6-2-8-22(25)29)28-21-7-3-9-23(30)26(21)24/h1,4-5,10-14,24,28H,2-3,6-9,15H2. The second-order valence-corrected chi connectivity index (χ2v) is 8.38. The molecule has 4 nitrogen and oxygen atoms in total. The Morgan fingerprint density at radius 1 is 0.871 bits per heavy atom. The molecule has 3 aliphatic rings. The Morgan fingerprint density at radius 3 is 2.16 bits per heavy atom. The van der Waals surface area contributed by atoms with Crippen molar-refractivity contribution in [1.82, 2.24) is 5.32 Å². The lowest BCUT2D eigenvalue weighted by Crippen LogP contribution is -2.36. The smallest absolute Gasteiger partial charge is 0.161 e. The number of nitrogens with one attached hydrogen (secondary N) is 1. The number of ether oxygens (including phenoxy) is 1. The number of ketones is 2. The van der Waals surface area contributed by atoms with Crippen LogP contribution in [0.2, 0.25) is 0 Å². The average molecular weight is 417 g/mol. The van der Waals surface area contributed by atoms with E-state index in [1.807, 2.05) is 24.3 Å². The average Bonchev–Trinajstić information content (AvgIpc) is 2.78. The van der Waals surface area contributed by atoms with Gasteiger partial charge in [-0.05, 0) is 61.1 Å². The molecule has 2 aromatic rings. The predicted molar refractivity (Wildman–Crippen MR) is 115 cm³/mol. The molecule has 0 bridgehead atoms. The third-order valence-corrected chi connectivity index (χ3v) is 6.30. The van der Waals surface area contributed by atoms with Crippen LogP contribution in [0.1, 0.15) is 55.6 Å². The summed E-state index contributed by atoms with van der Waals surface area (Å²) >= 11 is 0. The van der Waals surface area contributed by atoms with Gasteiger partial charge in [0.05, 0.1) is 0 Å². The molecular weight excluding hydrogens is 393 g/mol. The highest BCUT2D eigenvalue weighted by molar-refractivity contribution is 6.06. The van der Waals surface area contributed by atoms with Gasteiger partial charge < -0.3 is 10.1 Å². The van der Waals surface area contributed by atoms with Crippen LogP contribution in [0.15, 0.2) is 71.1 Å². The molecular formula is C26H24FNO3. The van der Waals surface area contributed by atoms with Crippen LogP contribution in [-0.2, 0) is 16.2 Å². The molecule has 0 radical (unpaired) electrons. The number of benzene rings is 2. The number of hydrogen-bond donors (Lipinski definition) is 1. The number of allylic oxidation sites excluding steroid dienone is 4. The summed E-state index contributed by atoms with van der Waals surface area (Å²) in [4.78, 5) is 25.8. The minimum Gasteiger partial charge on any atom is -0.489 e. The molecule has 1 N–H and O–H groups in total. The van der Waals surface area contributed by atoms with Crippen molar-refractivity contribution < 1.29 is 18.7 Å². The number of halogens is 1. The Labute approximate surface area is 180 Å². The number of carbonyl (C=O) groups excluding carboxylic acids is 2. The van der Waals surface area contributed by atoms with Crippen molar-refractivity contribution in [3.63, 3.8) is 0 Å². The van der Waals surface area contributed by atoms with Gasteiger partial charge in [-0.15, -0.1) is 0 Å². The molecule has 0 saturated carbocycles. The third-order valence-electron chi connectivity index (χ3n) is 6.30. The fourth-order valence-corrected chi connectivity index (χ4v) is 4.85. The summed E-state index contributed by atoms with van der Waals surface area (Å²) in [5.41, 5.74) is 5.23. The highest BCUT2D eigenvalue weighted by atomic mass is 19.1. The molecule has 2 aromatic carbocycles. The van der Waals surface area contributed by atoms with Gasteiger partial charge in [-0.1, -0.05) is 24.3 Å².